The minimum atomic E-state index is 0. The zero-order valence-electron chi connectivity index (χ0n) is 16.3. The van der Waals surface area contributed by atoms with Crippen LogP contribution in [-0.2, 0) is 4.79 Å². The molecule has 8 heteroatoms. The molecule has 2 saturated heterocycles. The zero-order valence-corrected chi connectivity index (χ0v) is 19.5. The number of amides is 1. The van der Waals surface area contributed by atoms with Crippen LogP contribution in [0.2, 0.25) is 0 Å². The van der Waals surface area contributed by atoms with E-state index in [1.807, 2.05) is 23.3 Å². The summed E-state index contributed by atoms with van der Waals surface area (Å²) in [6, 6.07) is 5.17. The molecule has 2 N–H and O–H groups in total. The van der Waals surface area contributed by atoms with Crippen molar-refractivity contribution in [1.29, 1.82) is 0 Å². The molecule has 152 valence electrons. The molecule has 27 heavy (non-hydrogen) atoms. The first kappa shape index (κ1) is 22.4. The lowest BCUT2D eigenvalue weighted by atomic mass is 10.1. The quantitative estimate of drug-likeness (QED) is 0.367. The number of rotatable bonds is 5. The van der Waals surface area contributed by atoms with Crippen molar-refractivity contribution in [2.45, 2.75) is 44.7 Å². The van der Waals surface area contributed by atoms with E-state index in [9.17, 15) is 4.79 Å². The molecule has 0 aliphatic carbocycles. The number of nitrogens with zero attached hydrogens (tertiary/aromatic N) is 3. The Morgan fingerprint density at radius 2 is 2.00 bits per heavy atom. The lowest BCUT2D eigenvalue weighted by Gasteiger charge is -2.33. The van der Waals surface area contributed by atoms with Crippen LogP contribution in [0, 0.1) is 0 Å². The van der Waals surface area contributed by atoms with Crippen molar-refractivity contribution in [3.05, 3.63) is 22.4 Å². The van der Waals surface area contributed by atoms with Crippen LogP contribution < -0.4 is 10.6 Å². The van der Waals surface area contributed by atoms with E-state index in [0.717, 1.165) is 38.4 Å². The molecule has 1 aromatic rings. The Balaban J connectivity index is 0.00000261. The highest BCUT2D eigenvalue weighted by Gasteiger charge is 2.25. The van der Waals surface area contributed by atoms with E-state index < -0.39 is 0 Å². The molecule has 0 saturated carbocycles. The minimum absolute atomic E-state index is 0. The van der Waals surface area contributed by atoms with Gasteiger partial charge in [-0.25, -0.2) is 0 Å². The predicted octanol–water partition coefficient (Wildman–Crippen LogP) is 2.68. The maximum atomic E-state index is 11.5. The van der Waals surface area contributed by atoms with E-state index in [1.54, 1.807) is 6.92 Å². The molecule has 0 bridgehead atoms. The molecule has 3 rings (SSSR count). The summed E-state index contributed by atoms with van der Waals surface area (Å²) in [6.45, 7) is 6.54. The molecule has 2 fully saturated rings. The SMILES string of the molecule is CN=C(NCC(c1cccs1)N1CCCC1)NC1CCN(C(C)=O)CC1.I. The largest absolute Gasteiger partial charge is 0.354 e. The molecule has 1 amide bonds. The highest BCUT2D eigenvalue weighted by atomic mass is 127. The van der Waals surface area contributed by atoms with E-state index in [1.165, 1.54) is 30.8 Å². The van der Waals surface area contributed by atoms with Gasteiger partial charge in [0.2, 0.25) is 5.91 Å². The first-order chi connectivity index (χ1) is 12.7. The number of guanidine groups is 1. The molecule has 2 aliphatic rings. The van der Waals surface area contributed by atoms with Gasteiger partial charge in [0.05, 0.1) is 6.04 Å². The van der Waals surface area contributed by atoms with Crippen LogP contribution in [0.1, 0.15) is 43.5 Å². The molecular formula is C19H32IN5OS. The molecule has 0 radical (unpaired) electrons. The summed E-state index contributed by atoms with van der Waals surface area (Å²) < 4.78 is 0. The Kier molecular flexibility index (Phi) is 9.31. The minimum Gasteiger partial charge on any atom is -0.354 e. The third-order valence-electron chi connectivity index (χ3n) is 5.42. The average Bonchev–Trinajstić information content (AvgIpc) is 3.36. The number of piperidine rings is 1. The number of nitrogens with one attached hydrogen (secondary N) is 2. The normalized spacial score (nSPS) is 20.2. The van der Waals surface area contributed by atoms with E-state index in [-0.39, 0.29) is 29.9 Å². The van der Waals surface area contributed by atoms with Crippen molar-refractivity contribution in [3.63, 3.8) is 0 Å². The zero-order chi connectivity index (χ0) is 18.4. The van der Waals surface area contributed by atoms with E-state index in [0.29, 0.717) is 12.1 Å². The van der Waals surface area contributed by atoms with E-state index in [2.05, 4.69) is 38.0 Å². The molecule has 6 nitrogen and oxygen atoms in total. The lowest BCUT2D eigenvalue weighted by Crippen LogP contribution is -2.50. The summed E-state index contributed by atoms with van der Waals surface area (Å²) in [5.41, 5.74) is 0. The average molecular weight is 505 g/mol. The second-order valence-corrected chi connectivity index (χ2v) is 8.13. The first-order valence-electron chi connectivity index (χ1n) is 9.67. The number of aliphatic imine (C=N–C) groups is 1. The number of likely N-dealkylation sites (tertiary alicyclic amines) is 2. The van der Waals surface area contributed by atoms with Crippen LogP contribution in [0.4, 0.5) is 0 Å². The Bertz CT molecular complexity index is 595. The summed E-state index contributed by atoms with van der Waals surface area (Å²) in [6.07, 6.45) is 4.54. The maximum absolute atomic E-state index is 11.5. The topological polar surface area (TPSA) is 60.0 Å². The maximum Gasteiger partial charge on any atom is 0.219 e. The van der Waals surface area contributed by atoms with Crippen LogP contribution in [0.3, 0.4) is 0 Å². The van der Waals surface area contributed by atoms with Gasteiger partial charge in [0, 0.05) is 44.5 Å². The third kappa shape index (κ3) is 6.32. The molecule has 2 aliphatic heterocycles. The van der Waals surface area contributed by atoms with E-state index >= 15 is 0 Å². The summed E-state index contributed by atoms with van der Waals surface area (Å²) in [4.78, 5) is 21.8. The molecule has 1 unspecified atom stereocenters. The molecule has 0 spiro atoms. The second kappa shape index (κ2) is 11.2. The highest BCUT2D eigenvalue weighted by Crippen LogP contribution is 2.27. The van der Waals surface area contributed by atoms with Gasteiger partial charge in [0.25, 0.3) is 0 Å². The number of carbonyl (C=O) groups is 1. The Morgan fingerprint density at radius 1 is 1.30 bits per heavy atom. The Morgan fingerprint density at radius 3 is 2.56 bits per heavy atom. The number of carbonyl (C=O) groups excluding carboxylic acids is 1. The molecule has 0 aromatic carbocycles. The predicted molar refractivity (Wildman–Crippen MR) is 123 cm³/mol. The number of hydrogen-bond acceptors (Lipinski definition) is 4. The van der Waals surface area contributed by atoms with Crippen LogP contribution in [-0.4, -0.2) is 67.5 Å². The van der Waals surface area contributed by atoms with Crippen molar-refractivity contribution >= 4 is 47.2 Å². The van der Waals surface area contributed by atoms with Crippen LogP contribution in [0.25, 0.3) is 0 Å². The smallest absolute Gasteiger partial charge is 0.219 e. The van der Waals surface area contributed by atoms with Gasteiger partial charge in [-0.15, -0.1) is 35.3 Å². The fraction of sp³-hybridized carbons (Fsp3) is 0.684. The number of hydrogen-bond donors (Lipinski definition) is 2. The highest BCUT2D eigenvalue weighted by molar-refractivity contribution is 14.0. The van der Waals surface area contributed by atoms with Gasteiger partial charge in [0.15, 0.2) is 5.96 Å². The lowest BCUT2D eigenvalue weighted by molar-refractivity contribution is -0.129. The molecule has 3 heterocycles. The monoisotopic (exact) mass is 505 g/mol. The van der Waals surface area contributed by atoms with Crippen molar-refractivity contribution in [2.75, 3.05) is 39.8 Å². The summed E-state index contributed by atoms with van der Waals surface area (Å²) in [7, 11) is 1.83. The van der Waals surface area contributed by atoms with Gasteiger partial charge in [-0.2, -0.15) is 0 Å². The van der Waals surface area contributed by atoms with Crippen molar-refractivity contribution in [3.8, 4) is 0 Å². The second-order valence-electron chi connectivity index (χ2n) is 7.15. The summed E-state index contributed by atoms with van der Waals surface area (Å²) in [5.74, 6) is 1.04. The fourth-order valence-corrected chi connectivity index (χ4v) is 4.72. The van der Waals surface area contributed by atoms with Gasteiger partial charge in [0.1, 0.15) is 0 Å². The summed E-state index contributed by atoms with van der Waals surface area (Å²) >= 11 is 1.84. The van der Waals surface area contributed by atoms with Gasteiger partial charge in [-0.3, -0.25) is 14.7 Å². The van der Waals surface area contributed by atoms with Crippen LogP contribution in [0.15, 0.2) is 22.5 Å². The standard InChI is InChI=1S/C19H31N5OS.HI/c1-15(25)23-11-7-16(8-12-23)22-19(20-2)21-14-17(18-6-5-13-26-18)24-9-3-4-10-24;/h5-6,13,16-17H,3-4,7-12,14H2,1-2H3,(H2,20,21,22);1H. The van der Waals surface area contributed by atoms with Crippen LogP contribution in [0.5, 0.6) is 0 Å². The van der Waals surface area contributed by atoms with Crippen molar-refractivity contribution < 1.29 is 4.79 Å². The number of thiophene rings is 1. The summed E-state index contributed by atoms with van der Waals surface area (Å²) in [5, 5.41) is 9.24. The van der Waals surface area contributed by atoms with Crippen molar-refractivity contribution in [1.82, 2.24) is 20.4 Å². The molecular weight excluding hydrogens is 473 g/mol. The molecule has 1 aromatic heterocycles. The van der Waals surface area contributed by atoms with Crippen LogP contribution >= 0.6 is 35.3 Å². The Hall–Kier alpha value is -0.870. The third-order valence-corrected chi connectivity index (χ3v) is 6.39. The fourth-order valence-electron chi connectivity index (χ4n) is 3.86. The van der Waals surface area contributed by atoms with E-state index in [4.69, 9.17) is 0 Å². The van der Waals surface area contributed by atoms with Gasteiger partial charge >= 0.3 is 0 Å². The number of halogens is 1. The first-order valence-corrected chi connectivity index (χ1v) is 10.6. The van der Waals surface area contributed by atoms with Gasteiger partial charge in [-0.1, -0.05) is 6.07 Å². The van der Waals surface area contributed by atoms with Crippen molar-refractivity contribution in [2.24, 2.45) is 4.99 Å². The van der Waals surface area contributed by atoms with Gasteiger partial charge in [-0.05, 0) is 50.2 Å². The van der Waals surface area contributed by atoms with Gasteiger partial charge < -0.3 is 15.5 Å². The Labute approximate surface area is 183 Å². The molecule has 1 atom stereocenters.